The van der Waals surface area contributed by atoms with E-state index in [-0.39, 0.29) is 0 Å². The summed E-state index contributed by atoms with van der Waals surface area (Å²) < 4.78 is 4.76. The van der Waals surface area contributed by atoms with Gasteiger partial charge in [0.05, 0.1) is 6.61 Å². The molecule has 0 fully saturated rings. The number of alkyl carbamates (subject to hydrolysis) is 1. The smallest absolute Gasteiger partial charge is 0.407 e. The SMILES string of the molecule is CCOC(=O)NCc1ccccc1CN. The van der Waals surface area contributed by atoms with Crippen molar-refractivity contribution in [2.75, 3.05) is 6.61 Å². The van der Waals surface area contributed by atoms with Gasteiger partial charge in [-0.2, -0.15) is 0 Å². The van der Waals surface area contributed by atoms with E-state index in [4.69, 9.17) is 10.5 Å². The highest BCUT2D eigenvalue weighted by Gasteiger charge is 2.03. The molecule has 0 aromatic heterocycles. The molecule has 82 valence electrons. The third kappa shape index (κ3) is 3.59. The number of hydrogen-bond donors (Lipinski definition) is 2. The van der Waals surface area contributed by atoms with Crippen molar-refractivity contribution in [1.82, 2.24) is 5.32 Å². The molecule has 4 nitrogen and oxygen atoms in total. The van der Waals surface area contributed by atoms with Crippen LogP contribution in [0, 0.1) is 0 Å². The summed E-state index contributed by atoms with van der Waals surface area (Å²) >= 11 is 0. The van der Waals surface area contributed by atoms with Gasteiger partial charge < -0.3 is 15.8 Å². The van der Waals surface area contributed by atoms with Crippen LogP contribution in [0.4, 0.5) is 4.79 Å². The Morgan fingerprint density at radius 3 is 2.67 bits per heavy atom. The minimum atomic E-state index is -0.399. The van der Waals surface area contributed by atoms with Crippen molar-refractivity contribution in [3.8, 4) is 0 Å². The normalized spacial score (nSPS) is 9.73. The van der Waals surface area contributed by atoms with Gasteiger partial charge in [-0.3, -0.25) is 0 Å². The minimum absolute atomic E-state index is 0.379. The summed E-state index contributed by atoms with van der Waals surface area (Å²) in [6.45, 7) is 3.07. The van der Waals surface area contributed by atoms with Crippen LogP contribution in [0.5, 0.6) is 0 Å². The molecular weight excluding hydrogens is 192 g/mol. The summed E-state index contributed by atoms with van der Waals surface area (Å²) in [6.07, 6.45) is -0.399. The fraction of sp³-hybridized carbons (Fsp3) is 0.364. The number of nitrogens with two attached hydrogens (primary N) is 1. The molecule has 1 aromatic rings. The van der Waals surface area contributed by atoms with Crippen LogP contribution in [-0.2, 0) is 17.8 Å². The number of nitrogens with one attached hydrogen (secondary N) is 1. The lowest BCUT2D eigenvalue weighted by Gasteiger charge is -2.08. The van der Waals surface area contributed by atoms with E-state index in [9.17, 15) is 4.79 Å². The minimum Gasteiger partial charge on any atom is -0.450 e. The Morgan fingerprint density at radius 2 is 2.07 bits per heavy atom. The Hall–Kier alpha value is -1.55. The number of rotatable bonds is 4. The van der Waals surface area contributed by atoms with Crippen molar-refractivity contribution in [3.05, 3.63) is 35.4 Å². The maximum absolute atomic E-state index is 11.1. The van der Waals surface area contributed by atoms with E-state index in [1.165, 1.54) is 0 Å². The van der Waals surface area contributed by atoms with Crippen LogP contribution in [0.2, 0.25) is 0 Å². The van der Waals surface area contributed by atoms with E-state index in [2.05, 4.69) is 5.32 Å². The van der Waals surface area contributed by atoms with Crippen LogP contribution < -0.4 is 11.1 Å². The van der Waals surface area contributed by atoms with Gasteiger partial charge in [0, 0.05) is 13.1 Å². The first-order valence-electron chi connectivity index (χ1n) is 4.95. The molecule has 1 rings (SSSR count). The van der Waals surface area contributed by atoms with Crippen molar-refractivity contribution in [3.63, 3.8) is 0 Å². The summed E-state index contributed by atoms with van der Waals surface area (Å²) in [5.41, 5.74) is 7.63. The molecule has 0 aliphatic rings. The maximum Gasteiger partial charge on any atom is 0.407 e. The van der Waals surface area contributed by atoms with E-state index in [1.54, 1.807) is 6.92 Å². The zero-order valence-electron chi connectivity index (χ0n) is 8.82. The third-order valence-corrected chi connectivity index (χ3v) is 2.04. The molecule has 15 heavy (non-hydrogen) atoms. The number of carbonyl (C=O) groups excluding carboxylic acids is 1. The number of carbonyl (C=O) groups is 1. The largest absolute Gasteiger partial charge is 0.450 e. The van der Waals surface area contributed by atoms with Crippen molar-refractivity contribution in [2.45, 2.75) is 20.0 Å². The van der Waals surface area contributed by atoms with Gasteiger partial charge in [-0.1, -0.05) is 24.3 Å². The Labute approximate surface area is 89.4 Å². The summed E-state index contributed by atoms with van der Waals surface area (Å²) in [7, 11) is 0. The zero-order valence-corrected chi connectivity index (χ0v) is 8.82. The van der Waals surface area contributed by atoms with Crippen molar-refractivity contribution < 1.29 is 9.53 Å². The fourth-order valence-corrected chi connectivity index (χ4v) is 1.28. The van der Waals surface area contributed by atoms with E-state index in [1.807, 2.05) is 24.3 Å². The number of benzene rings is 1. The van der Waals surface area contributed by atoms with Crippen molar-refractivity contribution in [2.24, 2.45) is 5.73 Å². The Morgan fingerprint density at radius 1 is 1.40 bits per heavy atom. The van der Waals surface area contributed by atoms with Gasteiger partial charge in [0.25, 0.3) is 0 Å². The Kier molecular flexibility index (Phi) is 4.63. The second-order valence-electron chi connectivity index (χ2n) is 3.05. The van der Waals surface area contributed by atoms with E-state index < -0.39 is 6.09 Å². The molecule has 0 unspecified atom stereocenters. The lowest BCUT2D eigenvalue weighted by molar-refractivity contribution is 0.151. The lowest BCUT2D eigenvalue weighted by Crippen LogP contribution is -2.24. The standard InChI is InChI=1S/C11H16N2O2/c1-2-15-11(14)13-8-10-6-4-3-5-9(10)7-12/h3-6H,2,7-8,12H2,1H3,(H,13,14). The second kappa shape index (κ2) is 6.03. The van der Waals surface area contributed by atoms with Crippen LogP contribution in [0.25, 0.3) is 0 Å². The van der Waals surface area contributed by atoms with Gasteiger partial charge in [-0.25, -0.2) is 4.79 Å². The summed E-state index contributed by atoms with van der Waals surface area (Å²) in [6, 6.07) is 7.73. The number of amides is 1. The molecule has 0 aliphatic heterocycles. The van der Waals surface area contributed by atoms with Crippen LogP contribution in [-0.4, -0.2) is 12.7 Å². The molecule has 1 amide bonds. The number of ether oxygens (including phenoxy) is 1. The van der Waals surface area contributed by atoms with Gasteiger partial charge >= 0.3 is 6.09 Å². The average molecular weight is 208 g/mol. The lowest BCUT2D eigenvalue weighted by atomic mass is 10.1. The maximum atomic E-state index is 11.1. The van der Waals surface area contributed by atoms with Crippen LogP contribution >= 0.6 is 0 Å². The summed E-state index contributed by atoms with van der Waals surface area (Å²) in [5, 5.41) is 2.66. The fourth-order valence-electron chi connectivity index (χ4n) is 1.28. The molecule has 0 aliphatic carbocycles. The molecular formula is C11H16N2O2. The van der Waals surface area contributed by atoms with Crippen molar-refractivity contribution in [1.29, 1.82) is 0 Å². The van der Waals surface area contributed by atoms with Crippen molar-refractivity contribution >= 4 is 6.09 Å². The Balaban J connectivity index is 2.53. The quantitative estimate of drug-likeness (QED) is 0.786. The first kappa shape index (κ1) is 11.5. The molecule has 0 atom stereocenters. The molecule has 3 N–H and O–H groups in total. The molecule has 0 heterocycles. The van der Waals surface area contributed by atoms with Gasteiger partial charge in [-0.15, -0.1) is 0 Å². The van der Waals surface area contributed by atoms with E-state index in [0.29, 0.717) is 19.7 Å². The van der Waals surface area contributed by atoms with Gasteiger partial charge in [0.2, 0.25) is 0 Å². The molecule has 0 radical (unpaired) electrons. The first-order valence-corrected chi connectivity index (χ1v) is 4.95. The van der Waals surface area contributed by atoms with Crippen LogP contribution in [0.15, 0.2) is 24.3 Å². The zero-order chi connectivity index (χ0) is 11.1. The van der Waals surface area contributed by atoms with E-state index in [0.717, 1.165) is 11.1 Å². The second-order valence-corrected chi connectivity index (χ2v) is 3.05. The monoisotopic (exact) mass is 208 g/mol. The predicted octanol–water partition coefficient (Wildman–Crippen LogP) is 1.39. The number of hydrogen-bond acceptors (Lipinski definition) is 3. The average Bonchev–Trinajstić information content (AvgIpc) is 2.27. The highest BCUT2D eigenvalue weighted by molar-refractivity contribution is 5.67. The van der Waals surface area contributed by atoms with E-state index >= 15 is 0 Å². The third-order valence-electron chi connectivity index (χ3n) is 2.04. The van der Waals surface area contributed by atoms with Gasteiger partial charge in [0.15, 0.2) is 0 Å². The molecule has 0 spiro atoms. The molecule has 4 heteroatoms. The predicted molar refractivity (Wildman–Crippen MR) is 58.2 cm³/mol. The summed E-state index contributed by atoms with van der Waals surface area (Å²) in [4.78, 5) is 11.1. The molecule has 0 bridgehead atoms. The van der Waals surface area contributed by atoms with Gasteiger partial charge in [0.1, 0.15) is 0 Å². The highest BCUT2D eigenvalue weighted by Crippen LogP contribution is 2.07. The molecule has 0 saturated heterocycles. The highest BCUT2D eigenvalue weighted by atomic mass is 16.5. The van der Waals surface area contributed by atoms with Crippen LogP contribution in [0.3, 0.4) is 0 Å². The first-order chi connectivity index (χ1) is 7.27. The summed E-state index contributed by atoms with van der Waals surface area (Å²) in [5.74, 6) is 0. The molecule has 1 aromatic carbocycles. The van der Waals surface area contributed by atoms with Crippen LogP contribution in [0.1, 0.15) is 18.1 Å². The molecule has 0 saturated carbocycles. The van der Waals surface area contributed by atoms with Gasteiger partial charge in [-0.05, 0) is 18.1 Å². The topological polar surface area (TPSA) is 64.3 Å². The Bertz CT molecular complexity index is 326.